The molecule has 2 heterocycles. The lowest BCUT2D eigenvalue weighted by Crippen LogP contribution is -2.43. The number of carbonyl (C=O) groups is 1. The van der Waals surface area contributed by atoms with Crippen LogP contribution in [0.5, 0.6) is 0 Å². The van der Waals surface area contributed by atoms with Crippen LogP contribution in [0.25, 0.3) is 0 Å². The molecular weight excluding hydrogens is 298 g/mol. The van der Waals surface area contributed by atoms with Crippen LogP contribution < -0.4 is 0 Å². The van der Waals surface area contributed by atoms with Crippen LogP contribution in [0.4, 0.5) is 0 Å². The van der Waals surface area contributed by atoms with Crippen molar-refractivity contribution in [3.05, 3.63) is 11.1 Å². The lowest BCUT2D eigenvalue weighted by molar-refractivity contribution is -0.145. The third-order valence-electron chi connectivity index (χ3n) is 7.51. The summed E-state index contributed by atoms with van der Waals surface area (Å²) in [4.78, 5) is 15.1. The summed E-state index contributed by atoms with van der Waals surface area (Å²) in [5.74, 6) is 1.46. The van der Waals surface area contributed by atoms with Crippen molar-refractivity contribution < 1.29 is 9.53 Å². The van der Waals surface area contributed by atoms with Crippen molar-refractivity contribution in [3.63, 3.8) is 0 Å². The van der Waals surface area contributed by atoms with Crippen LogP contribution in [0.2, 0.25) is 0 Å². The van der Waals surface area contributed by atoms with Crippen LogP contribution >= 0.6 is 0 Å². The standard InChI is InChI=1S/C21H33NO2/c1-14-6-9-22(10-7-14)13-17-16-11-18-15(2)5-4-8-21(18,3)12-19(16)24-20(17)23/h14,16-17,19H,4-13H2,1-3H3. The molecule has 3 fully saturated rings. The lowest BCUT2D eigenvalue weighted by Gasteiger charge is -2.46. The first-order valence-electron chi connectivity index (χ1n) is 10.1. The topological polar surface area (TPSA) is 29.5 Å². The third-order valence-corrected chi connectivity index (χ3v) is 7.51. The van der Waals surface area contributed by atoms with Gasteiger partial charge in [-0.1, -0.05) is 25.0 Å². The third kappa shape index (κ3) is 2.83. The number of likely N-dealkylation sites (tertiary alicyclic amines) is 1. The molecule has 0 radical (unpaired) electrons. The normalized spacial score (nSPS) is 41.1. The van der Waals surface area contributed by atoms with Gasteiger partial charge in [0, 0.05) is 12.5 Å². The molecule has 1 saturated carbocycles. The zero-order valence-corrected chi connectivity index (χ0v) is 15.6. The van der Waals surface area contributed by atoms with Crippen LogP contribution in [0.15, 0.2) is 11.1 Å². The summed E-state index contributed by atoms with van der Waals surface area (Å²) in [6, 6.07) is 0. The van der Waals surface area contributed by atoms with E-state index in [0.717, 1.165) is 38.4 Å². The number of ether oxygens (including phenoxy) is 1. The van der Waals surface area contributed by atoms with Crippen LogP contribution in [0.3, 0.4) is 0 Å². The van der Waals surface area contributed by atoms with Gasteiger partial charge in [0.1, 0.15) is 6.10 Å². The molecule has 0 aromatic rings. The zero-order chi connectivity index (χ0) is 16.9. The van der Waals surface area contributed by atoms with E-state index in [9.17, 15) is 4.79 Å². The fourth-order valence-electron chi connectivity index (χ4n) is 5.84. The number of esters is 1. The highest BCUT2D eigenvalue weighted by Crippen LogP contribution is 2.55. The van der Waals surface area contributed by atoms with Gasteiger partial charge in [-0.25, -0.2) is 0 Å². The molecule has 2 aliphatic carbocycles. The highest BCUT2D eigenvalue weighted by molar-refractivity contribution is 5.76. The molecule has 2 saturated heterocycles. The smallest absolute Gasteiger partial charge is 0.310 e. The number of carbonyl (C=O) groups excluding carboxylic acids is 1. The second kappa shape index (κ2) is 6.16. The van der Waals surface area contributed by atoms with Crippen molar-refractivity contribution >= 4 is 5.97 Å². The molecule has 0 aromatic carbocycles. The Morgan fingerprint density at radius 1 is 1.29 bits per heavy atom. The largest absolute Gasteiger partial charge is 0.462 e. The molecule has 0 amide bonds. The molecule has 0 spiro atoms. The fraction of sp³-hybridized carbons (Fsp3) is 0.857. The van der Waals surface area contributed by atoms with Crippen LogP contribution in [0, 0.1) is 23.2 Å². The van der Waals surface area contributed by atoms with Gasteiger partial charge < -0.3 is 9.64 Å². The van der Waals surface area contributed by atoms with E-state index in [2.05, 4.69) is 25.7 Å². The van der Waals surface area contributed by atoms with Crippen molar-refractivity contribution in [2.24, 2.45) is 23.2 Å². The number of rotatable bonds is 2. The number of allylic oxidation sites excluding steroid dienone is 2. The first kappa shape index (κ1) is 16.6. The van der Waals surface area contributed by atoms with Gasteiger partial charge in [-0.15, -0.1) is 0 Å². The summed E-state index contributed by atoms with van der Waals surface area (Å²) in [7, 11) is 0. The van der Waals surface area contributed by atoms with Crippen LogP contribution in [-0.4, -0.2) is 36.6 Å². The summed E-state index contributed by atoms with van der Waals surface area (Å²) < 4.78 is 5.90. The Balaban J connectivity index is 1.50. The van der Waals surface area contributed by atoms with E-state index in [4.69, 9.17) is 4.74 Å². The number of hydrogen-bond donors (Lipinski definition) is 0. The molecule has 4 unspecified atom stereocenters. The second-order valence-corrected chi connectivity index (χ2v) is 9.31. The quantitative estimate of drug-likeness (QED) is 0.562. The number of piperidine rings is 1. The van der Waals surface area contributed by atoms with Gasteiger partial charge in [-0.05, 0) is 76.3 Å². The minimum absolute atomic E-state index is 0.0871. The second-order valence-electron chi connectivity index (χ2n) is 9.31. The summed E-state index contributed by atoms with van der Waals surface area (Å²) in [5.41, 5.74) is 3.57. The average Bonchev–Trinajstić information content (AvgIpc) is 2.82. The Labute approximate surface area is 146 Å². The first-order valence-corrected chi connectivity index (χ1v) is 10.1. The Morgan fingerprint density at radius 2 is 2.04 bits per heavy atom. The van der Waals surface area contributed by atoms with Crippen LogP contribution in [0.1, 0.15) is 65.7 Å². The van der Waals surface area contributed by atoms with E-state index in [1.807, 2.05) is 0 Å². The molecule has 24 heavy (non-hydrogen) atoms. The molecule has 4 aliphatic rings. The van der Waals surface area contributed by atoms with E-state index < -0.39 is 0 Å². The highest BCUT2D eigenvalue weighted by atomic mass is 16.6. The highest BCUT2D eigenvalue weighted by Gasteiger charge is 2.53. The average molecular weight is 332 g/mol. The molecule has 0 bridgehead atoms. The van der Waals surface area contributed by atoms with Crippen molar-refractivity contribution in [2.75, 3.05) is 19.6 Å². The summed E-state index contributed by atoms with van der Waals surface area (Å²) in [6.45, 7) is 10.3. The first-order chi connectivity index (χ1) is 11.5. The molecule has 3 nitrogen and oxygen atoms in total. The fourth-order valence-corrected chi connectivity index (χ4v) is 5.84. The molecule has 0 N–H and O–H groups in total. The van der Waals surface area contributed by atoms with Gasteiger partial charge in [0.2, 0.25) is 0 Å². The van der Waals surface area contributed by atoms with E-state index in [1.54, 1.807) is 11.1 Å². The maximum Gasteiger partial charge on any atom is 0.310 e. The van der Waals surface area contributed by atoms with Crippen molar-refractivity contribution in [1.82, 2.24) is 4.90 Å². The van der Waals surface area contributed by atoms with E-state index in [0.29, 0.717) is 11.3 Å². The monoisotopic (exact) mass is 331 g/mol. The molecular formula is C21H33NO2. The van der Waals surface area contributed by atoms with E-state index in [1.165, 1.54) is 32.1 Å². The molecule has 134 valence electrons. The predicted molar refractivity (Wildman–Crippen MR) is 95.6 cm³/mol. The Hall–Kier alpha value is -0.830. The van der Waals surface area contributed by atoms with Crippen molar-refractivity contribution in [1.29, 1.82) is 0 Å². The minimum atomic E-state index is 0.0871. The number of hydrogen-bond acceptors (Lipinski definition) is 3. The Bertz CT molecular complexity index is 546. The molecule has 4 atom stereocenters. The maximum atomic E-state index is 12.6. The number of nitrogens with zero attached hydrogens (tertiary/aromatic N) is 1. The summed E-state index contributed by atoms with van der Waals surface area (Å²) in [6.07, 6.45) is 8.71. The maximum absolute atomic E-state index is 12.6. The molecule has 0 aromatic heterocycles. The Morgan fingerprint density at radius 3 is 2.79 bits per heavy atom. The van der Waals surface area contributed by atoms with E-state index >= 15 is 0 Å². The van der Waals surface area contributed by atoms with Crippen molar-refractivity contribution in [2.45, 2.75) is 71.8 Å². The zero-order valence-electron chi connectivity index (χ0n) is 15.6. The molecule has 4 rings (SSSR count). The SMILES string of the molecule is CC1=C2CC3C(CC2(C)CCC1)OC(=O)C3CN1CCC(C)CC1. The molecule has 2 aliphatic heterocycles. The summed E-state index contributed by atoms with van der Waals surface area (Å²) >= 11 is 0. The van der Waals surface area contributed by atoms with Gasteiger partial charge in [0.15, 0.2) is 0 Å². The van der Waals surface area contributed by atoms with Crippen molar-refractivity contribution in [3.8, 4) is 0 Å². The Kier molecular flexibility index (Phi) is 4.27. The lowest BCUT2D eigenvalue weighted by atomic mass is 9.59. The van der Waals surface area contributed by atoms with Gasteiger partial charge in [0.05, 0.1) is 5.92 Å². The molecule has 3 heteroatoms. The summed E-state index contributed by atoms with van der Waals surface area (Å²) in [5, 5.41) is 0. The predicted octanol–water partition coefficient (Wildman–Crippen LogP) is 4.18. The van der Waals surface area contributed by atoms with Gasteiger partial charge in [-0.2, -0.15) is 0 Å². The van der Waals surface area contributed by atoms with Gasteiger partial charge in [0.25, 0.3) is 0 Å². The van der Waals surface area contributed by atoms with Gasteiger partial charge in [-0.3, -0.25) is 4.79 Å². The van der Waals surface area contributed by atoms with Crippen LogP contribution in [-0.2, 0) is 9.53 Å². The van der Waals surface area contributed by atoms with E-state index in [-0.39, 0.29) is 18.0 Å². The minimum Gasteiger partial charge on any atom is -0.462 e. The van der Waals surface area contributed by atoms with Gasteiger partial charge >= 0.3 is 5.97 Å². The number of fused-ring (bicyclic) bond motifs is 2.